The summed E-state index contributed by atoms with van der Waals surface area (Å²) in [6.45, 7) is 3.35. The second-order valence-corrected chi connectivity index (χ2v) is 5.87. The number of carbonyl (C=O) groups is 1. The van der Waals surface area contributed by atoms with Gasteiger partial charge in [-0.3, -0.25) is 4.79 Å². The van der Waals surface area contributed by atoms with Crippen molar-refractivity contribution in [2.24, 2.45) is 0 Å². The topological polar surface area (TPSA) is 32.8 Å². The fraction of sp³-hybridized carbons (Fsp3) is 0.462. The molecule has 1 fully saturated rings. The monoisotopic (exact) mass is 346 g/mol. The highest BCUT2D eigenvalue weighted by Gasteiger charge is 2.19. The SMILES string of the molecule is CN1CCN(C(=O)COc2cc(Br)ccc2Cl)CC1. The Bertz CT molecular complexity index is 462. The van der Waals surface area contributed by atoms with E-state index in [4.69, 9.17) is 16.3 Å². The van der Waals surface area contributed by atoms with Crippen LogP contribution in [0.3, 0.4) is 0 Å². The summed E-state index contributed by atoms with van der Waals surface area (Å²) in [6, 6.07) is 5.33. The zero-order valence-corrected chi connectivity index (χ0v) is 13.1. The summed E-state index contributed by atoms with van der Waals surface area (Å²) in [6.07, 6.45) is 0. The van der Waals surface area contributed by atoms with Gasteiger partial charge in [0.2, 0.25) is 0 Å². The zero-order valence-electron chi connectivity index (χ0n) is 10.7. The van der Waals surface area contributed by atoms with E-state index in [2.05, 4.69) is 27.9 Å². The maximum absolute atomic E-state index is 12.0. The van der Waals surface area contributed by atoms with Crippen molar-refractivity contribution in [2.45, 2.75) is 0 Å². The first-order valence-electron chi connectivity index (χ1n) is 6.10. The summed E-state index contributed by atoms with van der Waals surface area (Å²) in [7, 11) is 2.06. The van der Waals surface area contributed by atoms with Gasteiger partial charge in [0.25, 0.3) is 5.91 Å². The van der Waals surface area contributed by atoms with Gasteiger partial charge >= 0.3 is 0 Å². The number of piperazine rings is 1. The van der Waals surface area contributed by atoms with Crippen molar-refractivity contribution in [1.82, 2.24) is 9.80 Å². The molecule has 0 radical (unpaired) electrons. The summed E-state index contributed by atoms with van der Waals surface area (Å²) in [5, 5.41) is 0.509. The average Bonchev–Trinajstić information content (AvgIpc) is 2.40. The molecule has 0 spiro atoms. The van der Waals surface area contributed by atoms with E-state index in [-0.39, 0.29) is 12.5 Å². The van der Waals surface area contributed by atoms with E-state index in [9.17, 15) is 4.79 Å². The quantitative estimate of drug-likeness (QED) is 0.841. The number of halogens is 2. The molecule has 1 amide bonds. The molecule has 1 saturated heterocycles. The molecule has 19 heavy (non-hydrogen) atoms. The molecule has 1 aromatic rings. The molecule has 1 aliphatic rings. The maximum Gasteiger partial charge on any atom is 0.260 e. The van der Waals surface area contributed by atoms with E-state index in [1.54, 1.807) is 12.1 Å². The number of likely N-dealkylation sites (N-methyl/N-ethyl adjacent to an activating group) is 1. The molecule has 1 aliphatic heterocycles. The van der Waals surface area contributed by atoms with Crippen LogP contribution in [0.4, 0.5) is 0 Å². The van der Waals surface area contributed by atoms with Gasteiger partial charge in [0, 0.05) is 30.7 Å². The first kappa shape index (κ1) is 14.6. The average molecular weight is 348 g/mol. The van der Waals surface area contributed by atoms with E-state index >= 15 is 0 Å². The molecular weight excluding hydrogens is 332 g/mol. The van der Waals surface area contributed by atoms with Crippen molar-refractivity contribution in [3.8, 4) is 5.75 Å². The molecule has 2 rings (SSSR count). The Morgan fingerprint density at radius 3 is 2.74 bits per heavy atom. The van der Waals surface area contributed by atoms with Gasteiger partial charge in [-0.1, -0.05) is 27.5 Å². The number of rotatable bonds is 3. The summed E-state index contributed by atoms with van der Waals surface area (Å²) < 4.78 is 6.37. The molecule has 1 heterocycles. The number of benzene rings is 1. The summed E-state index contributed by atoms with van der Waals surface area (Å²) in [5.41, 5.74) is 0. The minimum atomic E-state index is 0.00384. The van der Waals surface area contributed by atoms with E-state index in [0.29, 0.717) is 10.8 Å². The lowest BCUT2D eigenvalue weighted by atomic mass is 10.3. The molecule has 1 aromatic carbocycles. The number of amides is 1. The molecule has 0 saturated carbocycles. The van der Waals surface area contributed by atoms with Crippen LogP contribution in [0.5, 0.6) is 5.75 Å². The van der Waals surface area contributed by atoms with E-state index in [1.165, 1.54) is 0 Å². The third-order valence-electron chi connectivity index (χ3n) is 3.10. The number of hydrogen-bond donors (Lipinski definition) is 0. The zero-order chi connectivity index (χ0) is 13.8. The van der Waals surface area contributed by atoms with Gasteiger partial charge < -0.3 is 14.5 Å². The fourth-order valence-electron chi connectivity index (χ4n) is 1.87. The Balaban J connectivity index is 1.88. The lowest BCUT2D eigenvalue weighted by Gasteiger charge is -2.32. The number of carbonyl (C=O) groups excluding carboxylic acids is 1. The van der Waals surface area contributed by atoms with E-state index < -0.39 is 0 Å². The molecular formula is C13H16BrClN2O2. The van der Waals surface area contributed by atoms with Gasteiger partial charge in [-0.05, 0) is 25.2 Å². The van der Waals surface area contributed by atoms with Gasteiger partial charge in [0.1, 0.15) is 5.75 Å². The molecule has 4 nitrogen and oxygen atoms in total. The summed E-state index contributed by atoms with van der Waals surface area (Å²) in [5.74, 6) is 0.530. The van der Waals surface area contributed by atoms with Crippen molar-refractivity contribution in [3.63, 3.8) is 0 Å². The van der Waals surface area contributed by atoms with Gasteiger partial charge in [-0.15, -0.1) is 0 Å². The Morgan fingerprint density at radius 1 is 1.37 bits per heavy atom. The first-order valence-corrected chi connectivity index (χ1v) is 7.27. The van der Waals surface area contributed by atoms with Crippen LogP contribution < -0.4 is 4.74 Å². The molecule has 0 atom stereocenters. The smallest absolute Gasteiger partial charge is 0.260 e. The van der Waals surface area contributed by atoms with Crippen molar-refractivity contribution in [3.05, 3.63) is 27.7 Å². The van der Waals surface area contributed by atoms with Crippen LogP contribution in [0.1, 0.15) is 0 Å². The lowest BCUT2D eigenvalue weighted by Crippen LogP contribution is -2.48. The Hall–Kier alpha value is -0.780. The number of nitrogens with zero attached hydrogens (tertiary/aromatic N) is 2. The first-order chi connectivity index (χ1) is 9.06. The third kappa shape index (κ3) is 4.09. The molecule has 0 unspecified atom stereocenters. The van der Waals surface area contributed by atoms with Crippen molar-refractivity contribution >= 4 is 33.4 Å². The third-order valence-corrected chi connectivity index (χ3v) is 3.91. The second kappa shape index (κ2) is 6.59. The highest BCUT2D eigenvalue weighted by Crippen LogP contribution is 2.27. The van der Waals surface area contributed by atoms with E-state index in [0.717, 1.165) is 30.7 Å². The molecule has 104 valence electrons. The van der Waals surface area contributed by atoms with Gasteiger partial charge in [0.15, 0.2) is 6.61 Å². The van der Waals surface area contributed by atoms with Crippen LogP contribution in [0.25, 0.3) is 0 Å². The van der Waals surface area contributed by atoms with Gasteiger partial charge in [0.05, 0.1) is 5.02 Å². The van der Waals surface area contributed by atoms with Crippen LogP contribution in [-0.2, 0) is 4.79 Å². The van der Waals surface area contributed by atoms with Crippen molar-refractivity contribution in [2.75, 3.05) is 39.8 Å². The van der Waals surface area contributed by atoms with Crippen LogP contribution in [-0.4, -0.2) is 55.5 Å². The van der Waals surface area contributed by atoms with Crippen molar-refractivity contribution in [1.29, 1.82) is 0 Å². The normalized spacial score (nSPS) is 16.5. The predicted octanol–water partition coefficient (Wildman–Crippen LogP) is 2.26. The molecule has 0 N–H and O–H groups in total. The summed E-state index contributed by atoms with van der Waals surface area (Å²) >= 11 is 9.35. The molecule has 0 aliphatic carbocycles. The fourth-order valence-corrected chi connectivity index (χ4v) is 2.39. The van der Waals surface area contributed by atoms with Crippen LogP contribution in [0, 0.1) is 0 Å². The molecule has 6 heteroatoms. The molecule has 0 bridgehead atoms. The highest BCUT2D eigenvalue weighted by molar-refractivity contribution is 9.10. The summed E-state index contributed by atoms with van der Waals surface area (Å²) in [4.78, 5) is 16.0. The Kier molecular flexibility index (Phi) is 5.07. The van der Waals surface area contributed by atoms with Crippen LogP contribution in [0.15, 0.2) is 22.7 Å². The second-order valence-electron chi connectivity index (χ2n) is 4.55. The number of ether oxygens (including phenoxy) is 1. The van der Waals surface area contributed by atoms with Crippen molar-refractivity contribution < 1.29 is 9.53 Å². The molecule has 0 aromatic heterocycles. The lowest BCUT2D eigenvalue weighted by molar-refractivity contribution is -0.134. The standard InChI is InChI=1S/C13H16BrClN2O2/c1-16-4-6-17(7-5-16)13(18)9-19-12-8-10(14)2-3-11(12)15/h2-3,8H,4-7,9H2,1H3. The van der Waals surface area contributed by atoms with Gasteiger partial charge in [-0.2, -0.15) is 0 Å². The highest BCUT2D eigenvalue weighted by atomic mass is 79.9. The minimum Gasteiger partial charge on any atom is -0.482 e. The van der Waals surface area contributed by atoms with Gasteiger partial charge in [-0.25, -0.2) is 0 Å². The predicted molar refractivity (Wildman–Crippen MR) is 78.7 cm³/mol. The van der Waals surface area contributed by atoms with Crippen LogP contribution in [0.2, 0.25) is 5.02 Å². The maximum atomic E-state index is 12.0. The largest absolute Gasteiger partial charge is 0.482 e. The number of hydrogen-bond acceptors (Lipinski definition) is 3. The van der Waals surface area contributed by atoms with Crippen LogP contribution >= 0.6 is 27.5 Å². The van der Waals surface area contributed by atoms with E-state index in [1.807, 2.05) is 11.0 Å². The minimum absolute atomic E-state index is 0.00384. The Morgan fingerprint density at radius 2 is 2.05 bits per heavy atom. The Labute approximate surface area is 126 Å².